The first-order valence-electron chi connectivity index (χ1n) is 8.84. The number of rotatable bonds is 6. The van der Waals surface area contributed by atoms with E-state index in [0.717, 1.165) is 5.56 Å². The Morgan fingerprint density at radius 1 is 1.16 bits per heavy atom. The fourth-order valence-electron chi connectivity index (χ4n) is 3.24. The first-order chi connectivity index (χ1) is 12.0. The third-order valence-corrected chi connectivity index (χ3v) is 4.72. The van der Waals surface area contributed by atoms with Gasteiger partial charge in [-0.2, -0.15) is 0 Å². The van der Waals surface area contributed by atoms with E-state index in [1.807, 2.05) is 37.3 Å². The van der Waals surface area contributed by atoms with Crippen molar-refractivity contribution in [1.29, 1.82) is 0 Å². The first-order valence-corrected chi connectivity index (χ1v) is 8.84. The highest BCUT2D eigenvalue weighted by molar-refractivity contribution is 5.74. The van der Waals surface area contributed by atoms with Crippen molar-refractivity contribution >= 4 is 12.1 Å². The molecule has 1 atom stereocenters. The predicted octanol–water partition coefficient (Wildman–Crippen LogP) is 2.74. The summed E-state index contributed by atoms with van der Waals surface area (Å²) in [5.74, 6) is -0.928. The van der Waals surface area contributed by atoms with Gasteiger partial charge in [0.2, 0.25) is 0 Å². The van der Waals surface area contributed by atoms with Gasteiger partial charge < -0.3 is 19.5 Å². The SMILES string of the molecule is CCOC(=O)C(CC)C1(O)CCN(C(=O)OCc2ccccc2)CC1. The minimum Gasteiger partial charge on any atom is -0.466 e. The molecule has 1 heterocycles. The minimum atomic E-state index is -1.13. The van der Waals surface area contributed by atoms with Gasteiger partial charge in [-0.3, -0.25) is 4.79 Å². The van der Waals surface area contributed by atoms with E-state index in [1.54, 1.807) is 11.8 Å². The lowest BCUT2D eigenvalue weighted by Crippen LogP contribution is -2.52. The molecule has 1 aromatic carbocycles. The maximum absolute atomic E-state index is 12.2. The van der Waals surface area contributed by atoms with Gasteiger partial charge in [-0.15, -0.1) is 0 Å². The molecule has 0 saturated carbocycles. The summed E-state index contributed by atoms with van der Waals surface area (Å²) in [5, 5.41) is 10.9. The highest BCUT2D eigenvalue weighted by atomic mass is 16.6. The van der Waals surface area contributed by atoms with Crippen LogP contribution in [0.25, 0.3) is 0 Å². The number of carbonyl (C=O) groups excluding carboxylic acids is 2. The molecule has 6 heteroatoms. The zero-order valence-corrected chi connectivity index (χ0v) is 14.9. The number of benzene rings is 1. The Balaban J connectivity index is 1.87. The number of hydrogen-bond donors (Lipinski definition) is 1. The molecule has 25 heavy (non-hydrogen) atoms. The second kappa shape index (κ2) is 8.85. The Bertz CT molecular complexity index is 566. The van der Waals surface area contributed by atoms with Gasteiger partial charge in [0.25, 0.3) is 0 Å². The van der Waals surface area contributed by atoms with Crippen molar-refractivity contribution in [3.63, 3.8) is 0 Å². The van der Waals surface area contributed by atoms with Crippen LogP contribution in [-0.4, -0.2) is 47.4 Å². The van der Waals surface area contributed by atoms with Gasteiger partial charge in [0, 0.05) is 13.1 Å². The molecule has 138 valence electrons. The van der Waals surface area contributed by atoms with Crippen molar-refractivity contribution in [1.82, 2.24) is 4.90 Å². The van der Waals surface area contributed by atoms with Crippen molar-refractivity contribution in [2.24, 2.45) is 5.92 Å². The maximum Gasteiger partial charge on any atom is 0.410 e. The van der Waals surface area contributed by atoms with Crippen LogP contribution in [0.4, 0.5) is 4.79 Å². The van der Waals surface area contributed by atoms with E-state index >= 15 is 0 Å². The normalized spacial score (nSPS) is 17.6. The summed E-state index contributed by atoms with van der Waals surface area (Å²) in [6.45, 7) is 4.85. The highest BCUT2D eigenvalue weighted by Gasteiger charge is 2.44. The second-order valence-electron chi connectivity index (χ2n) is 6.34. The zero-order chi connectivity index (χ0) is 18.3. The fourth-order valence-corrected chi connectivity index (χ4v) is 3.24. The summed E-state index contributed by atoms with van der Waals surface area (Å²) in [6.07, 6.45) is 0.790. The van der Waals surface area contributed by atoms with Gasteiger partial charge in [-0.25, -0.2) is 4.79 Å². The van der Waals surface area contributed by atoms with E-state index in [-0.39, 0.29) is 12.6 Å². The van der Waals surface area contributed by atoms with Gasteiger partial charge >= 0.3 is 12.1 Å². The largest absolute Gasteiger partial charge is 0.466 e. The number of likely N-dealkylation sites (tertiary alicyclic amines) is 1. The van der Waals surface area contributed by atoms with Crippen LogP contribution in [0.5, 0.6) is 0 Å². The van der Waals surface area contributed by atoms with E-state index in [1.165, 1.54) is 0 Å². The number of esters is 1. The standard InChI is InChI=1S/C19H27NO5/c1-3-16(17(21)24-4-2)19(23)10-12-20(13-11-19)18(22)25-14-15-8-6-5-7-9-15/h5-9,16,23H,3-4,10-14H2,1-2H3. The molecule has 1 aliphatic heterocycles. The molecule has 1 saturated heterocycles. The maximum atomic E-state index is 12.2. The molecule has 2 rings (SSSR count). The molecule has 0 radical (unpaired) electrons. The van der Waals surface area contributed by atoms with Crippen molar-refractivity contribution in [2.75, 3.05) is 19.7 Å². The van der Waals surface area contributed by atoms with E-state index in [0.29, 0.717) is 39.0 Å². The monoisotopic (exact) mass is 349 g/mol. The van der Waals surface area contributed by atoms with Crippen LogP contribution in [0.1, 0.15) is 38.7 Å². The molecule has 6 nitrogen and oxygen atoms in total. The Morgan fingerprint density at radius 3 is 2.36 bits per heavy atom. The van der Waals surface area contributed by atoms with Gasteiger partial charge in [0.15, 0.2) is 0 Å². The van der Waals surface area contributed by atoms with Crippen LogP contribution < -0.4 is 0 Å². The minimum absolute atomic E-state index is 0.223. The second-order valence-corrected chi connectivity index (χ2v) is 6.34. The molecule has 1 N–H and O–H groups in total. The van der Waals surface area contributed by atoms with Gasteiger partial charge in [0.05, 0.1) is 18.1 Å². The van der Waals surface area contributed by atoms with Crippen molar-refractivity contribution in [3.05, 3.63) is 35.9 Å². The van der Waals surface area contributed by atoms with Gasteiger partial charge in [-0.05, 0) is 31.7 Å². The van der Waals surface area contributed by atoms with Crippen LogP contribution in [0.2, 0.25) is 0 Å². The number of hydrogen-bond acceptors (Lipinski definition) is 5. The van der Waals surface area contributed by atoms with Crippen LogP contribution in [0, 0.1) is 5.92 Å². The van der Waals surface area contributed by atoms with E-state index in [4.69, 9.17) is 9.47 Å². The summed E-state index contributed by atoms with van der Waals surface area (Å²) < 4.78 is 10.4. The lowest BCUT2D eigenvalue weighted by molar-refractivity contribution is -0.162. The molecule has 1 aromatic rings. The molecule has 1 amide bonds. The van der Waals surface area contributed by atoms with E-state index < -0.39 is 17.6 Å². The zero-order valence-electron chi connectivity index (χ0n) is 14.9. The van der Waals surface area contributed by atoms with E-state index in [2.05, 4.69) is 0 Å². The number of amides is 1. The molecular weight excluding hydrogens is 322 g/mol. The van der Waals surface area contributed by atoms with Crippen molar-refractivity contribution in [2.45, 2.75) is 45.3 Å². The molecule has 1 unspecified atom stereocenters. The number of carbonyl (C=O) groups is 2. The van der Waals surface area contributed by atoms with Crippen LogP contribution in [0.3, 0.4) is 0 Å². The van der Waals surface area contributed by atoms with Gasteiger partial charge in [-0.1, -0.05) is 37.3 Å². The molecular formula is C19H27NO5. The smallest absolute Gasteiger partial charge is 0.410 e. The molecule has 0 spiro atoms. The van der Waals surface area contributed by atoms with Crippen LogP contribution >= 0.6 is 0 Å². The number of aliphatic hydroxyl groups is 1. The third kappa shape index (κ3) is 4.95. The van der Waals surface area contributed by atoms with Crippen LogP contribution in [0.15, 0.2) is 30.3 Å². The summed E-state index contributed by atoms with van der Waals surface area (Å²) >= 11 is 0. The molecule has 0 bridgehead atoms. The lowest BCUT2D eigenvalue weighted by atomic mass is 9.78. The van der Waals surface area contributed by atoms with Crippen LogP contribution in [-0.2, 0) is 20.9 Å². The fraction of sp³-hybridized carbons (Fsp3) is 0.579. The molecule has 1 aliphatic rings. The first kappa shape index (κ1) is 19.2. The number of ether oxygens (including phenoxy) is 2. The topological polar surface area (TPSA) is 76.1 Å². The van der Waals surface area contributed by atoms with Crippen molar-refractivity contribution in [3.8, 4) is 0 Å². The number of piperidine rings is 1. The van der Waals surface area contributed by atoms with Gasteiger partial charge in [0.1, 0.15) is 6.61 Å². The molecule has 1 fully saturated rings. The summed E-state index contributed by atoms with van der Waals surface area (Å²) in [5.41, 5.74) is -0.199. The predicted molar refractivity (Wildman–Crippen MR) is 92.8 cm³/mol. The summed E-state index contributed by atoms with van der Waals surface area (Å²) in [6, 6.07) is 9.49. The lowest BCUT2D eigenvalue weighted by Gasteiger charge is -2.41. The number of nitrogens with zero attached hydrogens (tertiary/aromatic N) is 1. The average Bonchev–Trinajstić information content (AvgIpc) is 2.62. The Labute approximate surface area is 148 Å². The van der Waals surface area contributed by atoms with E-state index in [9.17, 15) is 14.7 Å². The quantitative estimate of drug-likeness (QED) is 0.799. The molecule has 0 aromatic heterocycles. The Kier molecular flexibility index (Phi) is 6.82. The summed E-state index contributed by atoms with van der Waals surface area (Å²) in [7, 11) is 0. The summed E-state index contributed by atoms with van der Waals surface area (Å²) in [4.78, 5) is 25.8. The third-order valence-electron chi connectivity index (χ3n) is 4.72. The molecule has 0 aliphatic carbocycles. The highest BCUT2D eigenvalue weighted by Crippen LogP contribution is 2.33. The Morgan fingerprint density at radius 2 is 1.80 bits per heavy atom. The van der Waals surface area contributed by atoms with Crippen molar-refractivity contribution < 1.29 is 24.2 Å². The Hall–Kier alpha value is -2.08. The average molecular weight is 349 g/mol.